The molecule has 2 aliphatic rings. The third kappa shape index (κ3) is 8.22. The van der Waals surface area contributed by atoms with Gasteiger partial charge in [0.2, 0.25) is 17.7 Å². The van der Waals surface area contributed by atoms with Gasteiger partial charge in [-0.15, -0.1) is 23.4 Å². The van der Waals surface area contributed by atoms with Crippen LogP contribution in [0.3, 0.4) is 0 Å². The second kappa shape index (κ2) is 16.8. The molecule has 12 heteroatoms. The first-order valence-corrected chi connectivity index (χ1v) is 18.4. The molecule has 2 aliphatic heterocycles. The van der Waals surface area contributed by atoms with Gasteiger partial charge in [0, 0.05) is 29.4 Å². The normalized spacial score (nSPS) is 15.9. The van der Waals surface area contributed by atoms with Crippen LogP contribution in [0.25, 0.3) is 11.1 Å². The summed E-state index contributed by atoms with van der Waals surface area (Å²) >= 11 is 7.54. The third-order valence-electron chi connectivity index (χ3n) is 8.78. The number of carbonyl (C=O) groups is 5. The van der Waals surface area contributed by atoms with Crippen molar-refractivity contribution in [2.24, 2.45) is 0 Å². The van der Waals surface area contributed by atoms with Crippen molar-refractivity contribution in [3.8, 4) is 11.5 Å². The molecule has 1 atom stereocenters. The van der Waals surface area contributed by atoms with Crippen molar-refractivity contribution in [3.05, 3.63) is 125 Å². The monoisotopic (exact) mass is 737 g/mol. The molecule has 1 fully saturated rings. The number of imide groups is 2. The Morgan fingerprint density at radius 1 is 0.865 bits per heavy atom. The minimum atomic E-state index is -1.04. The Morgan fingerprint density at radius 2 is 1.58 bits per heavy atom. The number of hydrogen-bond acceptors (Lipinski definition) is 8. The van der Waals surface area contributed by atoms with E-state index in [0.717, 1.165) is 32.7 Å². The third-order valence-corrected chi connectivity index (χ3v) is 10.0. The number of rotatable bonds is 14. The molecule has 3 N–H and O–H groups in total. The number of carbonyl (C=O) groups excluding carboxylic acids is 5. The Hall–Kier alpha value is -5.39. The van der Waals surface area contributed by atoms with E-state index in [1.807, 2.05) is 54.6 Å². The quantitative estimate of drug-likeness (QED) is 0.0467. The summed E-state index contributed by atoms with van der Waals surface area (Å²) < 4.78 is 5.91. The van der Waals surface area contributed by atoms with Gasteiger partial charge in [0.25, 0.3) is 11.8 Å². The van der Waals surface area contributed by atoms with E-state index in [-0.39, 0.29) is 55.2 Å². The van der Waals surface area contributed by atoms with Crippen molar-refractivity contribution in [3.63, 3.8) is 0 Å². The fraction of sp³-hybridized carbons (Fsp3) is 0.225. The van der Waals surface area contributed by atoms with Crippen LogP contribution in [0.4, 0.5) is 0 Å². The highest BCUT2D eigenvalue weighted by Crippen LogP contribution is 2.37. The lowest BCUT2D eigenvalue weighted by Gasteiger charge is -2.27. The Bertz CT molecular complexity index is 2020. The van der Waals surface area contributed by atoms with Gasteiger partial charge in [0.15, 0.2) is 0 Å². The molecule has 0 aromatic heterocycles. The van der Waals surface area contributed by atoms with Gasteiger partial charge < -0.3 is 15.2 Å². The van der Waals surface area contributed by atoms with Crippen LogP contribution < -0.4 is 15.4 Å². The Balaban J connectivity index is 1.02. The zero-order chi connectivity index (χ0) is 36.6. The molecule has 0 aliphatic carbocycles. The van der Waals surface area contributed by atoms with Crippen molar-refractivity contribution in [2.45, 2.75) is 36.6 Å². The molecule has 52 heavy (non-hydrogen) atoms. The van der Waals surface area contributed by atoms with E-state index in [0.29, 0.717) is 28.7 Å². The number of piperidine rings is 1. The van der Waals surface area contributed by atoms with E-state index in [9.17, 15) is 29.1 Å². The SMILES string of the molecule is O=C(CCSc1cccc2c1C(=O)N(C1CCC(=O)NC1=O)C2=O)NCCOc1ccc(C(=C(CCCl)c2ccccc2)c2ccc(O)cc2)cc1. The van der Waals surface area contributed by atoms with E-state index in [1.165, 1.54) is 11.8 Å². The van der Waals surface area contributed by atoms with E-state index in [2.05, 4.69) is 22.8 Å². The molecule has 0 bridgehead atoms. The van der Waals surface area contributed by atoms with Gasteiger partial charge in [-0.2, -0.15) is 0 Å². The number of nitrogens with one attached hydrogen (secondary N) is 2. The lowest BCUT2D eigenvalue weighted by molar-refractivity contribution is -0.136. The maximum atomic E-state index is 13.3. The molecule has 266 valence electrons. The molecule has 2 heterocycles. The Labute approximate surface area is 310 Å². The first-order valence-electron chi connectivity index (χ1n) is 16.9. The second-order valence-electron chi connectivity index (χ2n) is 12.2. The van der Waals surface area contributed by atoms with Crippen molar-refractivity contribution in [2.75, 3.05) is 24.8 Å². The van der Waals surface area contributed by atoms with Crippen LogP contribution in [0.5, 0.6) is 11.5 Å². The predicted octanol–water partition coefficient (Wildman–Crippen LogP) is 6.06. The van der Waals surface area contributed by atoms with Gasteiger partial charge in [-0.05, 0) is 77.1 Å². The number of benzene rings is 4. The standard InChI is InChI=1S/C40H36ClN3O7S/c41-21-19-30(25-5-2-1-3-6-25)36(26-9-13-28(45)14-10-26)27-11-15-29(16-12-27)51-23-22-42-34(46)20-24-52-33-8-4-7-31-37(33)40(50)44(39(31)49)32-17-18-35(47)43-38(32)48/h1-16,32,45H,17-24H2,(H,42,46)(H,43,47,48). The number of nitrogens with zero attached hydrogens (tertiary/aromatic N) is 1. The molecule has 1 unspecified atom stereocenters. The average Bonchev–Trinajstić information content (AvgIpc) is 3.40. The summed E-state index contributed by atoms with van der Waals surface area (Å²) in [6.07, 6.45) is 0.939. The van der Waals surface area contributed by atoms with Crippen molar-refractivity contribution in [1.82, 2.24) is 15.5 Å². The predicted molar refractivity (Wildman–Crippen MR) is 199 cm³/mol. The smallest absolute Gasteiger partial charge is 0.263 e. The number of allylic oxidation sites excluding steroid dienone is 1. The molecule has 0 saturated carbocycles. The molecule has 4 aromatic carbocycles. The van der Waals surface area contributed by atoms with Gasteiger partial charge >= 0.3 is 0 Å². The van der Waals surface area contributed by atoms with Crippen molar-refractivity contribution >= 4 is 64.0 Å². The zero-order valence-electron chi connectivity index (χ0n) is 28.1. The molecule has 10 nitrogen and oxygen atoms in total. The average molecular weight is 738 g/mol. The first kappa shape index (κ1) is 36.4. The summed E-state index contributed by atoms with van der Waals surface area (Å²) in [6.45, 7) is 0.534. The van der Waals surface area contributed by atoms with Crippen molar-refractivity contribution in [1.29, 1.82) is 0 Å². The topological polar surface area (TPSA) is 142 Å². The lowest BCUT2D eigenvalue weighted by atomic mass is 9.88. The van der Waals surface area contributed by atoms with Crippen LogP contribution in [0.2, 0.25) is 0 Å². The number of ether oxygens (including phenoxy) is 1. The number of halogens is 1. The molecular weight excluding hydrogens is 702 g/mol. The molecule has 0 spiro atoms. The number of alkyl halides is 1. The number of amides is 5. The van der Waals surface area contributed by atoms with E-state index < -0.39 is 29.7 Å². The summed E-state index contributed by atoms with van der Waals surface area (Å²) in [4.78, 5) is 64.4. The summed E-state index contributed by atoms with van der Waals surface area (Å²) in [6, 6.07) is 28.8. The maximum absolute atomic E-state index is 13.3. The maximum Gasteiger partial charge on any atom is 0.263 e. The Kier molecular flexibility index (Phi) is 11.7. The van der Waals surface area contributed by atoms with Crippen LogP contribution in [0, 0.1) is 0 Å². The number of hydrogen-bond donors (Lipinski definition) is 3. The molecular formula is C40H36ClN3O7S. The lowest BCUT2D eigenvalue weighted by Crippen LogP contribution is -2.54. The minimum absolute atomic E-state index is 0.0454. The van der Waals surface area contributed by atoms with Gasteiger partial charge in [-0.25, -0.2) is 0 Å². The van der Waals surface area contributed by atoms with Gasteiger partial charge in [-0.1, -0.05) is 60.7 Å². The Morgan fingerprint density at radius 3 is 2.27 bits per heavy atom. The minimum Gasteiger partial charge on any atom is -0.508 e. The van der Waals surface area contributed by atoms with Gasteiger partial charge in [0.05, 0.1) is 17.7 Å². The van der Waals surface area contributed by atoms with Gasteiger partial charge in [0.1, 0.15) is 24.1 Å². The summed E-state index contributed by atoms with van der Waals surface area (Å²) in [7, 11) is 0. The highest BCUT2D eigenvalue weighted by Gasteiger charge is 2.45. The number of phenolic OH excluding ortho intramolecular Hbond substituents is 1. The molecule has 4 aromatic rings. The molecule has 6 rings (SSSR count). The summed E-state index contributed by atoms with van der Waals surface area (Å²) in [5.74, 6) is -0.806. The van der Waals surface area contributed by atoms with E-state index in [4.69, 9.17) is 16.3 Å². The zero-order valence-corrected chi connectivity index (χ0v) is 29.7. The molecule has 1 saturated heterocycles. The van der Waals surface area contributed by atoms with Crippen LogP contribution >= 0.6 is 23.4 Å². The van der Waals surface area contributed by atoms with E-state index >= 15 is 0 Å². The first-order chi connectivity index (χ1) is 25.2. The highest BCUT2D eigenvalue weighted by atomic mass is 35.5. The molecule has 5 amide bonds. The number of aromatic hydroxyl groups is 1. The van der Waals surface area contributed by atoms with Crippen LogP contribution in [0.1, 0.15) is 63.1 Å². The van der Waals surface area contributed by atoms with Gasteiger partial charge in [-0.3, -0.25) is 34.2 Å². The fourth-order valence-electron chi connectivity index (χ4n) is 6.31. The van der Waals surface area contributed by atoms with Crippen LogP contribution in [0.15, 0.2) is 102 Å². The van der Waals surface area contributed by atoms with E-state index in [1.54, 1.807) is 30.3 Å². The van der Waals surface area contributed by atoms with Crippen LogP contribution in [-0.2, 0) is 14.4 Å². The van der Waals surface area contributed by atoms with Crippen molar-refractivity contribution < 1.29 is 33.8 Å². The fourth-order valence-corrected chi connectivity index (χ4v) is 7.53. The largest absolute Gasteiger partial charge is 0.508 e. The van der Waals surface area contributed by atoms with Crippen LogP contribution in [-0.4, -0.2) is 70.4 Å². The number of fused-ring (bicyclic) bond motifs is 1. The highest BCUT2D eigenvalue weighted by molar-refractivity contribution is 7.99. The summed E-state index contributed by atoms with van der Waals surface area (Å²) in [5.41, 5.74) is 5.48. The second-order valence-corrected chi connectivity index (χ2v) is 13.7. The molecule has 0 radical (unpaired) electrons. The number of phenols is 1. The number of thioether (sulfide) groups is 1. The summed E-state index contributed by atoms with van der Waals surface area (Å²) in [5, 5.41) is 15.0.